The topological polar surface area (TPSA) is 116 Å². The molecule has 1 aromatic carbocycles. The zero-order chi connectivity index (χ0) is 15.2. The summed E-state index contributed by atoms with van der Waals surface area (Å²) >= 11 is 0. The van der Waals surface area contributed by atoms with Gasteiger partial charge in [-0.2, -0.15) is 0 Å². The number of nitrogens with two attached hydrogens (primary N) is 1. The molecule has 20 heavy (non-hydrogen) atoms. The van der Waals surface area contributed by atoms with Gasteiger partial charge in [0.05, 0.1) is 11.5 Å². The molecule has 0 aliphatic rings. The predicted octanol–water partition coefficient (Wildman–Crippen LogP) is -0.331. The number of nitrogens with one attached hydrogen (secondary N) is 1. The molecule has 0 saturated carbocycles. The van der Waals surface area contributed by atoms with E-state index >= 15 is 0 Å². The quantitative estimate of drug-likeness (QED) is 0.504. The van der Waals surface area contributed by atoms with Crippen molar-refractivity contribution in [2.45, 2.75) is 11.8 Å². The number of amides is 1. The lowest BCUT2D eigenvalue weighted by molar-refractivity contribution is -0.122. The third-order valence-electron chi connectivity index (χ3n) is 2.33. The molecule has 0 radical (unpaired) electrons. The number of carbonyl (C=O) groups is 2. The van der Waals surface area contributed by atoms with Crippen LogP contribution in [0.3, 0.4) is 0 Å². The molecule has 8 heteroatoms. The third kappa shape index (κ3) is 5.08. The number of ketones is 1. The molecular formula is C12H16N2O5S. The highest BCUT2D eigenvalue weighted by Crippen LogP contribution is 2.11. The Balaban J connectivity index is 2.62. The van der Waals surface area contributed by atoms with Crippen molar-refractivity contribution in [3.05, 3.63) is 29.8 Å². The van der Waals surface area contributed by atoms with Crippen LogP contribution in [0.1, 0.15) is 17.3 Å². The first-order chi connectivity index (χ1) is 9.33. The van der Waals surface area contributed by atoms with Crippen molar-refractivity contribution in [3.8, 4) is 0 Å². The molecular weight excluding hydrogens is 284 g/mol. The molecule has 0 aliphatic heterocycles. The van der Waals surface area contributed by atoms with Crippen LogP contribution in [0.15, 0.2) is 29.2 Å². The number of benzene rings is 1. The fourth-order valence-electron chi connectivity index (χ4n) is 1.39. The predicted molar refractivity (Wildman–Crippen MR) is 71.6 cm³/mol. The first-order valence-corrected chi connectivity index (χ1v) is 7.28. The number of rotatable bonds is 8. The van der Waals surface area contributed by atoms with E-state index in [-0.39, 0.29) is 30.4 Å². The highest BCUT2D eigenvalue weighted by atomic mass is 32.2. The molecule has 7 nitrogen and oxygen atoms in total. The van der Waals surface area contributed by atoms with E-state index in [1.165, 1.54) is 31.2 Å². The van der Waals surface area contributed by atoms with Gasteiger partial charge in [0.25, 0.3) is 0 Å². The zero-order valence-corrected chi connectivity index (χ0v) is 11.8. The first-order valence-electron chi connectivity index (χ1n) is 5.79. The van der Waals surface area contributed by atoms with E-state index in [1.54, 1.807) is 0 Å². The van der Waals surface area contributed by atoms with Gasteiger partial charge in [-0.1, -0.05) is 12.1 Å². The normalized spacial score (nSPS) is 11.2. The molecule has 0 atom stereocenters. The average Bonchev–Trinajstić information content (AvgIpc) is 2.38. The van der Waals surface area contributed by atoms with Gasteiger partial charge in [0.15, 0.2) is 5.78 Å². The van der Waals surface area contributed by atoms with Gasteiger partial charge in [0, 0.05) is 12.1 Å². The molecule has 110 valence electrons. The largest absolute Gasteiger partial charge is 0.370 e. The van der Waals surface area contributed by atoms with E-state index in [9.17, 15) is 18.0 Å². The van der Waals surface area contributed by atoms with Crippen molar-refractivity contribution in [1.82, 2.24) is 4.72 Å². The Morgan fingerprint density at radius 1 is 1.35 bits per heavy atom. The minimum Gasteiger partial charge on any atom is -0.370 e. The summed E-state index contributed by atoms with van der Waals surface area (Å²) in [5.74, 6) is -0.839. The summed E-state index contributed by atoms with van der Waals surface area (Å²) in [6, 6.07) is 5.72. The zero-order valence-electron chi connectivity index (χ0n) is 11.0. The van der Waals surface area contributed by atoms with Gasteiger partial charge < -0.3 is 10.5 Å². The summed E-state index contributed by atoms with van der Waals surface area (Å²) in [4.78, 5) is 21.6. The number of hydrogen-bond acceptors (Lipinski definition) is 5. The molecule has 1 rings (SSSR count). The minimum absolute atomic E-state index is 0.0000869. The molecule has 0 aromatic heterocycles. The summed E-state index contributed by atoms with van der Waals surface area (Å²) in [6.07, 6.45) is 0. The summed E-state index contributed by atoms with van der Waals surface area (Å²) < 4.78 is 31.0. The van der Waals surface area contributed by atoms with Crippen LogP contribution in [-0.4, -0.2) is 39.9 Å². The second kappa shape index (κ2) is 7.13. The number of sulfonamides is 1. The summed E-state index contributed by atoms with van der Waals surface area (Å²) in [5.41, 5.74) is 5.18. The Kier molecular flexibility index (Phi) is 5.81. The van der Waals surface area contributed by atoms with Crippen LogP contribution in [0, 0.1) is 0 Å². The summed E-state index contributed by atoms with van der Waals surface area (Å²) in [7, 11) is -3.72. The van der Waals surface area contributed by atoms with E-state index in [0.717, 1.165) is 0 Å². The Labute approximate surface area is 117 Å². The van der Waals surface area contributed by atoms with Gasteiger partial charge in [-0.3, -0.25) is 9.59 Å². The van der Waals surface area contributed by atoms with Gasteiger partial charge in [0.1, 0.15) is 6.61 Å². The minimum atomic E-state index is -3.72. The van der Waals surface area contributed by atoms with Crippen LogP contribution < -0.4 is 10.5 Å². The Bertz CT molecular complexity index is 598. The third-order valence-corrected chi connectivity index (χ3v) is 3.79. The van der Waals surface area contributed by atoms with Crippen molar-refractivity contribution in [2.75, 3.05) is 19.8 Å². The molecule has 1 amide bonds. The second-order valence-electron chi connectivity index (χ2n) is 4.00. The lowest BCUT2D eigenvalue weighted by atomic mass is 10.2. The van der Waals surface area contributed by atoms with Crippen molar-refractivity contribution < 1.29 is 22.7 Å². The maximum atomic E-state index is 11.9. The molecule has 0 saturated heterocycles. The molecule has 0 fully saturated rings. The van der Waals surface area contributed by atoms with Gasteiger partial charge in [-0.25, -0.2) is 13.1 Å². The average molecular weight is 300 g/mol. The molecule has 0 heterocycles. The number of Topliss-reactive ketones (excluding diaryl/α,β-unsaturated/α-hetero) is 1. The fourth-order valence-corrected chi connectivity index (χ4v) is 2.45. The van der Waals surface area contributed by atoms with Crippen molar-refractivity contribution in [3.63, 3.8) is 0 Å². The molecule has 0 aliphatic carbocycles. The molecule has 0 bridgehead atoms. The lowest BCUT2D eigenvalue weighted by Gasteiger charge is -2.07. The summed E-state index contributed by atoms with van der Waals surface area (Å²) in [6.45, 7) is 1.12. The van der Waals surface area contributed by atoms with Crippen LogP contribution in [0.5, 0.6) is 0 Å². The second-order valence-corrected chi connectivity index (χ2v) is 5.77. The van der Waals surface area contributed by atoms with E-state index in [1.807, 2.05) is 0 Å². The molecule has 1 aromatic rings. The number of hydrogen-bond donors (Lipinski definition) is 2. The van der Waals surface area contributed by atoms with Gasteiger partial charge >= 0.3 is 0 Å². The number of primary amides is 1. The molecule has 0 spiro atoms. The molecule has 3 N–H and O–H groups in total. The maximum Gasteiger partial charge on any atom is 0.243 e. The van der Waals surface area contributed by atoms with Gasteiger partial charge in [-0.05, 0) is 19.1 Å². The van der Waals surface area contributed by atoms with E-state index in [0.29, 0.717) is 5.56 Å². The monoisotopic (exact) mass is 300 g/mol. The molecule has 0 unspecified atom stereocenters. The first kappa shape index (κ1) is 16.3. The van der Waals surface area contributed by atoms with Crippen LogP contribution >= 0.6 is 0 Å². The standard InChI is InChI=1S/C12H16N2O5S/c1-9(15)10-3-2-4-11(7-10)20(17,18)14-5-6-19-8-12(13)16/h2-4,7,14H,5-6,8H2,1H3,(H2,13,16). The van der Waals surface area contributed by atoms with Crippen molar-refractivity contribution >= 4 is 21.7 Å². The highest BCUT2D eigenvalue weighted by molar-refractivity contribution is 7.89. The Morgan fingerprint density at radius 3 is 2.65 bits per heavy atom. The van der Waals surface area contributed by atoms with E-state index in [2.05, 4.69) is 4.72 Å². The van der Waals surface area contributed by atoms with Crippen LogP contribution in [0.4, 0.5) is 0 Å². The maximum absolute atomic E-state index is 11.9. The SMILES string of the molecule is CC(=O)c1cccc(S(=O)(=O)NCCOCC(N)=O)c1. The highest BCUT2D eigenvalue weighted by Gasteiger charge is 2.14. The van der Waals surface area contributed by atoms with E-state index < -0.39 is 15.9 Å². The van der Waals surface area contributed by atoms with Crippen molar-refractivity contribution in [1.29, 1.82) is 0 Å². The number of carbonyl (C=O) groups excluding carboxylic acids is 2. The van der Waals surface area contributed by atoms with Gasteiger partial charge in [-0.15, -0.1) is 0 Å². The number of ether oxygens (including phenoxy) is 1. The van der Waals surface area contributed by atoms with Crippen LogP contribution in [0.25, 0.3) is 0 Å². The van der Waals surface area contributed by atoms with Crippen molar-refractivity contribution in [2.24, 2.45) is 5.73 Å². The summed E-state index contributed by atoms with van der Waals surface area (Å²) in [5, 5.41) is 0. The lowest BCUT2D eigenvalue weighted by Crippen LogP contribution is -2.29. The van der Waals surface area contributed by atoms with Crippen LogP contribution in [-0.2, 0) is 19.6 Å². The fraction of sp³-hybridized carbons (Fsp3) is 0.333. The van der Waals surface area contributed by atoms with Crippen LogP contribution in [0.2, 0.25) is 0 Å². The van der Waals surface area contributed by atoms with Gasteiger partial charge in [0.2, 0.25) is 15.9 Å². The Hall–Kier alpha value is -1.77. The Morgan fingerprint density at radius 2 is 2.05 bits per heavy atom. The smallest absolute Gasteiger partial charge is 0.243 e. The van der Waals surface area contributed by atoms with E-state index in [4.69, 9.17) is 10.5 Å².